The van der Waals surface area contributed by atoms with Crippen LogP contribution in [0, 0.1) is 5.92 Å². The number of carboxylic acid groups (broad SMARTS) is 1. The van der Waals surface area contributed by atoms with Crippen LogP contribution in [-0.2, 0) is 27.2 Å². The lowest BCUT2D eigenvalue weighted by Crippen LogP contribution is -2.77. The van der Waals surface area contributed by atoms with E-state index in [9.17, 15) is 24.6 Å². The van der Waals surface area contributed by atoms with Crippen molar-refractivity contribution in [2.24, 2.45) is 5.92 Å². The molecule has 4 aliphatic rings. The van der Waals surface area contributed by atoms with Crippen LogP contribution in [0.1, 0.15) is 48.1 Å². The molecule has 3 fully saturated rings. The van der Waals surface area contributed by atoms with Crippen molar-refractivity contribution in [3.8, 4) is 0 Å². The number of amides is 1. The highest BCUT2D eigenvalue weighted by molar-refractivity contribution is 6.07. The van der Waals surface area contributed by atoms with Gasteiger partial charge in [-0.3, -0.25) is 14.4 Å². The number of ketones is 1. The monoisotopic (exact) mass is 475 g/mol. The fourth-order valence-corrected chi connectivity index (χ4v) is 6.16. The zero-order valence-corrected chi connectivity index (χ0v) is 19.6. The van der Waals surface area contributed by atoms with Crippen LogP contribution in [0.3, 0.4) is 0 Å². The molecule has 0 radical (unpaired) electrons. The molecule has 3 atom stereocenters. The highest BCUT2D eigenvalue weighted by Gasteiger charge is 2.61. The van der Waals surface area contributed by atoms with Gasteiger partial charge in [-0.1, -0.05) is 48.5 Å². The van der Waals surface area contributed by atoms with Gasteiger partial charge < -0.3 is 15.1 Å². The number of aliphatic hydroxyl groups is 1. The molecule has 2 aromatic rings. The van der Waals surface area contributed by atoms with Crippen molar-refractivity contribution in [2.75, 3.05) is 13.2 Å². The van der Waals surface area contributed by atoms with Crippen LogP contribution in [0.15, 0.2) is 48.5 Å². The van der Waals surface area contributed by atoms with E-state index in [0.29, 0.717) is 0 Å². The number of carbonyl (C=O) groups is 3. The highest BCUT2D eigenvalue weighted by Crippen LogP contribution is 2.44. The molecule has 0 spiro atoms. The van der Waals surface area contributed by atoms with Gasteiger partial charge in [0.1, 0.15) is 17.6 Å². The summed E-state index contributed by atoms with van der Waals surface area (Å²) in [6.45, 7) is 1.42. The lowest BCUT2D eigenvalue weighted by molar-refractivity contribution is -0.225. The summed E-state index contributed by atoms with van der Waals surface area (Å²) < 4.78 is 0. The molecular weight excluding hydrogens is 446 g/mol. The van der Waals surface area contributed by atoms with E-state index < -0.39 is 29.3 Å². The van der Waals surface area contributed by atoms with Gasteiger partial charge in [-0.2, -0.15) is 0 Å². The number of hydrogen-bond donors (Lipinski definition) is 2. The lowest BCUT2D eigenvalue weighted by Gasteiger charge is -2.56. The third kappa shape index (κ3) is 3.43. The second-order valence-electron chi connectivity index (χ2n) is 10.3. The first-order chi connectivity index (χ1) is 16.8. The number of fused-ring (bicyclic) bond motifs is 3. The molecule has 8 heteroatoms. The van der Waals surface area contributed by atoms with Gasteiger partial charge in [0.2, 0.25) is 5.91 Å². The predicted octanol–water partition coefficient (Wildman–Crippen LogP) is 1.76. The van der Waals surface area contributed by atoms with E-state index in [1.807, 2.05) is 29.3 Å². The van der Waals surface area contributed by atoms with Gasteiger partial charge in [-0.25, -0.2) is 10.0 Å². The number of carbonyl (C=O) groups excluding carboxylic acids is 2. The molecule has 2 saturated heterocycles. The standard InChI is InChI=1S/C27H29N3O5/c1-27(35)23-25(32)28(18-12-13-18)15-30(29(23)14-21(24(27)31)26(33)34)22-19-8-4-2-6-16(19)10-11-17-7-3-5-9-20(17)22/h2-9,18,21-23,35H,10-15H2,1H3,(H,33,34). The molecule has 182 valence electrons. The van der Waals surface area contributed by atoms with Crippen LogP contribution in [0.4, 0.5) is 0 Å². The SMILES string of the molecule is CC1(O)C(=O)C(C(=O)O)CN2C1C(=O)N(C1CC1)CN2C1c2ccccc2CCc2ccccc21. The van der Waals surface area contributed by atoms with Crippen LogP contribution < -0.4 is 0 Å². The zero-order valence-electron chi connectivity index (χ0n) is 19.6. The third-order valence-corrected chi connectivity index (χ3v) is 8.11. The van der Waals surface area contributed by atoms with Gasteiger partial charge in [-0.05, 0) is 54.9 Å². The quantitative estimate of drug-likeness (QED) is 0.653. The van der Waals surface area contributed by atoms with Crippen molar-refractivity contribution in [3.05, 3.63) is 70.8 Å². The van der Waals surface area contributed by atoms with E-state index in [-0.39, 0.29) is 31.2 Å². The third-order valence-electron chi connectivity index (χ3n) is 8.11. The Balaban J connectivity index is 1.54. The maximum atomic E-state index is 13.7. The zero-order chi connectivity index (χ0) is 24.5. The van der Waals surface area contributed by atoms with Crippen molar-refractivity contribution in [1.29, 1.82) is 0 Å². The van der Waals surface area contributed by atoms with Crippen molar-refractivity contribution < 1.29 is 24.6 Å². The Hall–Kier alpha value is -3.07. The summed E-state index contributed by atoms with van der Waals surface area (Å²) in [5.74, 6) is -3.81. The smallest absolute Gasteiger partial charge is 0.315 e. The largest absolute Gasteiger partial charge is 0.481 e. The van der Waals surface area contributed by atoms with Gasteiger partial charge in [0, 0.05) is 12.6 Å². The Morgan fingerprint density at radius 1 is 0.943 bits per heavy atom. The average molecular weight is 476 g/mol. The summed E-state index contributed by atoms with van der Waals surface area (Å²) >= 11 is 0. The molecule has 6 rings (SSSR count). The number of piperidine rings is 1. The summed E-state index contributed by atoms with van der Waals surface area (Å²) in [6.07, 6.45) is 3.52. The van der Waals surface area contributed by atoms with Gasteiger partial charge in [0.15, 0.2) is 5.78 Å². The maximum absolute atomic E-state index is 13.7. The second kappa shape index (κ2) is 7.98. The number of Topliss-reactive ketones (excluding diaryl/α,β-unsaturated/α-hetero) is 1. The van der Waals surface area contributed by atoms with E-state index >= 15 is 0 Å². The predicted molar refractivity (Wildman–Crippen MR) is 126 cm³/mol. The van der Waals surface area contributed by atoms with Crippen molar-refractivity contribution in [3.63, 3.8) is 0 Å². The number of carboxylic acids is 1. The second-order valence-corrected chi connectivity index (χ2v) is 10.3. The lowest BCUT2D eigenvalue weighted by atomic mass is 9.78. The average Bonchev–Trinajstić information content (AvgIpc) is 3.68. The summed E-state index contributed by atoms with van der Waals surface area (Å²) in [6, 6.07) is 15.1. The minimum absolute atomic E-state index is 0.0755. The van der Waals surface area contributed by atoms with Gasteiger partial charge in [-0.15, -0.1) is 0 Å². The maximum Gasteiger partial charge on any atom is 0.315 e. The Morgan fingerprint density at radius 2 is 1.51 bits per heavy atom. The van der Waals surface area contributed by atoms with E-state index in [1.54, 1.807) is 9.91 Å². The van der Waals surface area contributed by atoms with Crippen molar-refractivity contribution >= 4 is 17.7 Å². The molecule has 1 amide bonds. The van der Waals surface area contributed by atoms with Crippen molar-refractivity contribution in [1.82, 2.24) is 14.9 Å². The molecule has 1 saturated carbocycles. The molecule has 2 N–H and O–H groups in total. The van der Waals surface area contributed by atoms with E-state index in [0.717, 1.165) is 36.8 Å². The first kappa shape index (κ1) is 22.4. The highest BCUT2D eigenvalue weighted by atomic mass is 16.4. The van der Waals surface area contributed by atoms with Crippen LogP contribution in [0.2, 0.25) is 0 Å². The fourth-order valence-electron chi connectivity index (χ4n) is 6.16. The molecule has 0 bridgehead atoms. The minimum atomic E-state index is -2.12. The number of aryl methyl sites for hydroxylation is 2. The number of benzene rings is 2. The van der Waals surface area contributed by atoms with Crippen LogP contribution in [-0.4, -0.2) is 73.7 Å². The molecule has 8 nitrogen and oxygen atoms in total. The summed E-state index contributed by atoms with van der Waals surface area (Å²) in [7, 11) is 0. The van der Waals surface area contributed by atoms with E-state index in [2.05, 4.69) is 24.3 Å². The summed E-state index contributed by atoms with van der Waals surface area (Å²) in [4.78, 5) is 40.6. The molecule has 2 heterocycles. The first-order valence-corrected chi connectivity index (χ1v) is 12.3. The summed E-state index contributed by atoms with van der Waals surface area (Å²) in [5, 5.41) is 24.9. The van der Waals surface area contributed by atoms with Crippen LogP contribution in [0.25, 0.3) is 0 Å². The molecule has 35 heavy (non-hydrogen) atoms. The molecule has 0 aromatic heterocycles. The molecular formula is C27H29N3O5. The van der Waals surface area contributed by atoms with Crippen LogP contribution >= 0.6 is 0 Å². The molecule has 2 aromatic carbocycles. The number of nitrogens with zero attached hydrogens (tertiary/aromatic N) is 3. The Bertz CT molecular complexity index is 1180. The Kier molecular flexibility index (Phi) is 5.11. The number of hydrazine groups is 1. The number of hydrogen-bond acceptors (Lipinski definition) is 6. The Morgan fingerprint density at radius 3 is 2.06 bits per heavy atom. The van der Waals surface area contributed by atoms with Gasteiger partial charge in [0.25, 0.3) is 0 Å². The number of rotatable bonds is 3. The normalized spacial score (nSPS) is 29.8. The van der Waals surface area contributed by atoms with Crippen LogP contribution in [0.5, 0.6) is 0 Å². The Labute approximate surface area is 203 Å². The van der Waals surface area contributed by atoms with Gasteiger partial charge >= 0.3 is 5.97 Å². The fraction of sp³-hybridized carbons (Fsp3) is 0.444. The number of aliphatic carboxylic acids is 1. The minimum Gasteiger partial charge on any atom is -0.481 e. The van der Waals surface area contributed by atoms with E-state index in [1.165, 1.54) is 18.1 Å². The molecule has 3 unspecified atom stereocenters. The molecule has 2 aliphatic heterocycles. The summed E-state index contributed by atoms with van der Waals surface area (Å²) in [5.41, 5.74) is 2.49. The van der Waals surface area contributed by atoms with Gasteiger partial charge in [0.05, 0.1) is 12.7 Å². The first-order valence-electron chi connectivity index (χ1n) is 12.3. The topological polar surface area (TPSA) is 101 Å². The molecule has 2 aliphatic carbocycles. The van der Waals surface area contributed by atoms with Crippen molar-refractivity contribution in [2.45, 2.75) is 56.3 Å². The van der Waals surface area contributed by atoms with E-state index in [4.69, 9.17) is 0 Å².